The minimum atomic E-state index is -4.03. The van der Waals surface area contributed by atoms with Crippen molar-refractivity contribution in [2.45, 2.75) is 11.8 Å². The molecule has 0 aliphatic rings. The predicted octanol–water partition coefficient (Wildman–Crippen LogP) is 3.08. The number of aromatic amines is 1. The number of nitrogens with zero attached hydrogens (tertiary/aromatic N) is 1. The summed E-state index contributed by atoms with van der Waals surface area (Å²) in [6, 6.07) is 8.84. The van der Waals surface area contributed by atoms with Crippen LogP contribution >= 0.6 is 11.6 Å². The third-order valence-corrected chi connectivity index (χ3v) is 5.09. The Bertz CT molecular complexity index is 1080. The van der Waals surface area contributed by atoms with Gasteiger partial charge in [0.25, 0.3) is 0 Å². The van der Waals surface area contributed by atoms with Crippen molar-refractivity contribution < 1.29 is 22.1 Å². The molecular weight excluding hydrogens is 368 g/mol. The van der Waals surface area contributed by atoms with E-state index in [-0.39, 0.29) is 16.5 Å². The number of carbonyl (C=O) groups is 1. The van der Waals surface area contributed by atoms with E-state index >= 15 is 0 Å². The van der Waals surface area contributed by atoms with Gasteiger partial charge in [-0.1, -0.05) is 11.6 Å². The van der Waals surface area contributed by atoms with E-state index in [2.05, 4.69) is 14.7 Å². The summed E-state index contributed by atoms with van der Waals surface area (Å²) in [5.41, 5.74) is 1.40. The van der Waals surface area contributed by atoms with E-state index in [9.17, 15) is 13.2 Å². The van der Waals surface area contributed by atoms with Gasteiger partial charge in [0.15, 0.2) is 0 Å². The van der Waals surface area contributed by atoms with Crippen LogP contribution in [-0.2, 0) is 14.9 Å². The Kier molecular flexibility index (Phi) is 4.40. The number of H-pyrrole nitrogens is 1. The zero-order valence-corrected chi connectivity index (χ0v) is 14.8. The lowest BCUT2D eigenvalue weighted by atomic mass is 10.2. The van der Waals surface area contributed by atoms with Gasteiger partial charge in [-0.05, 0) is 42.8 Å². The lowest BCUT2D eigenvalue weighted by molar-refractivity contribution is 0.0588. The van der Waals surface area contributed by atoms with Crippen LogP contribution in [-0.4, -0.2) is 31.5 Å². The van der Waals surface area contributed by atoms with E-state index in [1.807, 2.05) is 0 Å². The van der Waals surface area contributed by atoms with Crippen molar-refractivity contribution in [3.63, 3.8) is 0 Å². The van der Waals surface area contributed by atoms with Crippen molar-refractivity contribution in [3.05, 3.63) is 52.8 Å². The van der Waals surface area contributed by atoms with E-state index in [1.54, 1.807) is 13.0 Å². The summed E-state index contributed by atoms with van der Waals surface area (Å²) in [6.45, 7) is 1.63. The van der Waals surface area contributed by atoms with Crippen molar-refractivity contribution >= 4 is 38.7 Å². The fraction of sp³-hybridized carbons (Fsp3) is 0.125. The molecule has 1 aromatic heterocycles. The van der Waals surface area contributed by atoms with Crippen molar-refractivity contribution in [3.8, 4) is 5.75 Å². The zero-order chi connectivity index (χ0) is 18.2. The number of hydrogen-bond acceptors (Lipinski definition) is 6. The number of rotatable bonds is 4. The number of nitrogens with one attached hydrogen (secondary N) is 1. The molecule has 2 aromatic carbocycles. The van der Waals surface area contributed by atoms with E-state index in [4.69, 9.17) is 15.8 Å². The fourth-order valence-electron chi connectivity index (χ4n) is 2.30. The van der Waals surface area contributed by atoms with Gasteiger partial charge in [0.05, 0.1) is 18.1 Å². The number of ether oxygens (including phenoxy) is 1. The van der Waals surface area contributed by atoms with Gasteiger partial charge in [-0.25, -0.2) is 9.78 Å². The van der Waals surface area contributed by atoms with Gasteiger partial charge in [0.2, 0.25) is 5.82 Å². The van der Waals surface area contributed by atoms with E-state index in [0.717, 1.165) is 0 Å². The summed E-state index contributed by atoms with van der Waals surface area (Å²) < 4.78 is 34.7. The number of aryl methyl sites for hydroxylation is 1. The topological polar surface area (TPSA) is 98.3 Å². The SMILES string of the molecule is COC(=O)c1nc2ccc(OS(=O)(=O)c3ccc(Cl)cc3C)cc2[nH]1. The molecule has 25 heavy (non-hydrogen) atoms. The number of benzene rings is 2. The number of halogens is 1. The molecule has 0 spiro atoms. The number of hydrogen-bond donors (Lipinski definition) is 1. The molecule has 0 saturated carbocycles. The predicted molar refractivity (Wildman–Crippen MR) is 91.4 cm³/mol. The number of imidazole rings is 1. The first-order valence-electron chi connectivity index (χ1n) is 7.09. The number of methoxy groups -OCH3 is 1. The number of carbonyl (C=O) groups excluding carboxylic acids is 1. The van der Waals surface area contributed by atoms with Crippen LogP contribution in [0, 0.1) is 6.92 Å². The molecule has 0 amide bonds. The van der Waals surface area contributed by atoms with E-state index < -0.39 is 16.1 Å². The van der Waals surface area contributed by atoms with E-state index in [1.165, 1.54) is 37.4 Å². The molecule has 1 N–H and O–H groups in total. The third-order valence-electron chi connectivity index (χ3n) is 3.44. The van der Waals surface area contributed by atoms with Crippen LogP contribution in [0.2, 0.25) is 5.02 Å². The van der Waals surface area contributed by atoms with Gasteiger partial charge >= 0.3 is 16.1 Å². The molecule has 9 heteroatoms. The maximum absolute atomic E-state index is 12.5. The van der Waals surface area contributed by atoms with Gasteiger partial charge < -0.3 is 13.9 Å². The molecule has 0 fully saturated rings. The quantitative estimate of drug-likeness (QED) is 0.551. The Morgan fingerprint density at radius 2 is 1.96 bits per heavy atom. The summed E-state index contributed by atoms with van der Waals surface area (Å²) in [5, 5.41) is 0.436. The molecule has 0 aliphatic carbocycles. The van der Waals surface area contributed by atoms with Gasteiger partial charge in [-0.3, -0.25) is 0 Å². The molecule has 0 aliphatic heterocycles. The maximum Gasteiger partial charge on any atom is 0.374 e. The Labute approximate surface area is 148 Å². The van der Waals surface area contributed by atoms with Crippen LogP contribution in [0.4, 0.5) is 0 Å². The van der Waals surface area contributed by atoms with Crippen LogP contribution in [0.3, 0.4) is 0 Å². The molecule has 0 unspecified atom stereocenters. The summed E-state index contributed by atoms with van der Waals surface area (Å²) in [4.78, 5) is 18.3. The Hall–Kier alpha value is -2.58. The van der Waals surface area contributed by atoms with Crippen LogP contribution in [0.5, 0.6) is 5.75 Å². The average Bonchev–Trinajstić information content (AvgIpc) is 2.96. The minimum absolute atomic E-state index is 0.0195. The minimum Gasteiger partial charge on any atom is -0.463 e. The monoisotopic (exact) mass is 380 g/mol. The maximum atomic E-state index is 12.5. The first-order valence-corrected chi connectivity index (χ1v) is 8.87. The second-order valence-corrected chi connectivity index (χ2v) is 7.15. The first kappa shape index (κ1) is 17.2. The average molecular weight is 381 g/mol. The molecule has 0 atom stereocenters. The standard InChI is InChI=1S/C16H13ClN2O5S/c1-9-7-10(17)3-6-14(9)25(21,22)24-11-4-5-12-13(8-11)19-15(18-12)16(20)23-2/h3-8H,1-2H3,(H,18,19). The summed E-state index contributed by atoms with van der Waals surface area (Å²) in [5.74, 6) is -0.518. The first-order chi connectivity index (χ1) is 11.8. The van der Waals surface area contributed by atoms with Crippen LogP contribution in [0.15, 0.2) is 41.3 Å². The van der Waals surface area contributed by atoms with Crippen molar-refractivity contribution in [1.82, 2.24) is 9.97 Å². The highest BCUT2D eigenvalue weighted by Gasteiger charge is 2.20. The largest absolute Gasteiger partial charge is 0.463 e. The van der Waals surface area contributed by atoms with Crippen LogP contribution < -0.4 is 4.18 Å². The third kappa shape index (κ3) is 3.45. The Morgan fingerprint density at radius 3 is 2.64 bits per heavy atom. The molecule has 130 valence electrons. The Balaban J connectivity index is 1.95. The zero-order valence-electron chi connectivity index (χ0n) is 13.2. The highest BCUT2D eigenvalue weighted by Crippen LogP contribution is 2.25. The van der Waals surface area contributed by atoms with Gasteiger partial charge in [0, 0.05) is 11.1 Å². The smallest absolute Gasteiger partial charge is 0.374 e. The van der Waals surface area contributed by atoms with Gasteiger partial charge in [0.1, 0.15) is 10.6 Å². The molecule has 3 rings (SSSR count). The normalized spacial score (nSPS) is 11.5. The van der Waals surface area contributed by atoms with Crippen LogP contribution in [0.1, 0.15) is 16.2 Å². The number of esters is 1. The lowest BCUT2D eigenvalue weighted by Gasteiger charge is -2.09. The fourth-order valence-corrected chi connectivity index (χ4v) is 3.66. The lowest BCUT2D eigenvalue weighted by Crippen LogP contribution is -2.11. The molecule has 7 nitrogen and oxygen atoms in total. The number of aromatic nitrogens is 2. The van der Waals surface area contributed by atoms with Crippen molar-refractivity contribution in [1.29, 1.82) is 0 Å². The van der Waals surface area contributed by atoms with Crippen LogP contribution in [0.25, 0.3) is 11.0 Å². The second kappa shape index (κ2) is 6.38. The number of fused-ring (bicyclic) bond motifs is 1. The van der Waals surface area contributed by atoms with Gasteiger partial charge in [-0.15, -0.1) is 0 Å². The molecule has 0 radical (unpaired) electrons. The summed E-state index contributed by atoms with van der Waals surface area (Å²) >= 11 is 5.85. The van der Waals surface area contributed by atoms with Crippen molar-refractivity contribution in [2.24, 2.45) is 0 Å². The Morgan fingerprint density at radius 1 is 1.20 bits per heavy atom. The van der Waals surface area contributed by atoms with E-state index in [0.29, 0.717) is 21.6 Å². The molecular formula is C16H13ClN2O5S. The summed E-state index contributed by atoms with van der Waals surface area (Å²) in [7, 11) is -2.79. The van der Waals surface area contributed by atoms with Crippen molar-refractivity contribution in [2.75, 3.05) is 7.11 Å². The molecule has 3 aromatic rings. The summed E-state index contributed by atoms with van der Waals surface area (Å²) in [6.07, 6.45) is 0. The molecule has 0 saturated heterocycles. The second-order valence-electron chi connectivity index (χ2n) is 5.20. The van der Waals surface area contributed by atoms with Gasteiger partial charge in [-0.2, -0.15) is 8.42 Å². The highest BCUT2D eigenvalue weighted by atomic mass is 35.5. The molecule has 0 bridgehead atoms. The molecule has 1 heterocycles. The highest BCUT2D eigenvalue weighted by molar-refractivity contribution is 7.87.